The summed E-state index contributed by atoms with van der Waals surface area (Å²) in [4.78, 5) is 4.38. The molecule has 0 aliphatic carbocycles. The molecule has 0 saturated heterocycles. The second kappa shape index (κ2) is 6.98. The van der Waals surface area contributed by atoms with Gasteiger partial charge in [-0.2, -0.15) is 4.98 Å². The summed E-state index contributed by atoms with van der Waals surface area (Å²) in [6.45, 7) is 9.27. The molecule has 1 heterocycles. The summed E-state index contributed by atoms with van der Waals surface area (Å²) in [7, 11) is 1.61. The second-order valence-electron chi connectivity index (χ2n) is 5.67. The van der Waals surface area contributed by atoms with Gasteiger partial charge in [0.25, 0.3) is 0 Å². The topological polar surface area (TPSA) is 83.4 Å². The van der Waals surface area contributed by atoms with Crippen LogP contribution in [0.5, 0.6) is 0 Å². The van der Waals surface area contributed by atoms with E-state index < -0.39 is 0 Å². The maximum absolute atomic E-state index is 5.86. The normalized spacial score (nSPS) is 15.5. The van der Waals surface area contributed by atoms with E-state index in [2.05, 4.69) is 30.9 Å². The fraction of sp³-hybridized carbons (Fsp3) is 0.846. The molecule has 1 rings (SSSR count). The second-order valence-corrected chi connectivity index (χ2v) is 5.67. The minimum Gasteiger partial charge on any atom is -0.383 e. The summed E-state index contributed by atoms with van der Waals surface area (Å²) in [5.74, 6) is 1.10. The molecule has 0 aliphatic heterocycles. The lowest BCUT2D eigenvalue weighted by atomic mass is 9.88. The minimum absolute atomic E-state index is 0.0915. The Morgan fingerprint density at radius 2 is 2.05 bits per heavy atom. The third kappa shape index (κ3) is 4.89. The number of hydrogen-bond donors (Lipinski definition) is 1. The molecule has 0 aliphatic rings. The van der Waals surface area contributed by atoms with Crippen LogP contribution in [0.3, 0.4) is 0 Å². The third-order valence-electron chi connectivity index (χ3n) is 2.66. The van der Waals surface area contributed by atoms with Gasteiger partial charge in [0, 0.05) is 26.2 Å². The van der Waals surface area contributed by atoms with Crippen molar-refractivity contribution >= 4 is 0 Å². The highest BCUT2D eigenvalue weighted by Crippen LogP contribution is 2.34. The van der Waals surface area contributed by atoms with Gasteiger partial charge in [0.2, 0.25) is 11.7 Å². The molecule has 2 N–H and O–H groups in total. The SMILES string of the molecule is CCOC(c1noc(CC(N)COC)n1)C(C)(C)C. The van der Waals surface area contributed by atoms with Crippen LogP contribution in [0.4, 0.5) is 0 Å². The Hall–Kier alpha value is -0.980. The van der Waals surface area contributed by atoms with E-state index in [0.717, 1.165) is 0 Å². The van der Waals surface area contributed by atoms with Crippen molar-refractivity contribution in [2.75, 3.05) is 20.3 Å². The average molecular weight is 271 g/mol. The quantitative estimate of drug-likeness (QED) is 0.812. The van der Waals surface area contributed by atoms with Crippen LogP contribution in [0.2, 0.25) is 0 Å². The molecule has 0 radical (unpaired) electrons. The molecule has 1 aromatic rings. The first-order chi connectivity index (χ1) is 8.88. The number of rotatable bonds is 7. The molecule has 2 unspecified atom stereocenters. The zero-order valence-corrected chi connectivity index (χ0v) is 12.5. The number of nitrogens with two attached hydrogens (primary N) is 1. The van der Waals surface area contributed by atoms with Crippen LogP contribution in [0.25, 0.3) is 0 Å². The highest BCUT2D eigenvalue weighted by molar-refractivity contribution is 4.97. The lowest BCUT2D eigenvalue weighted by molar-refractivity contribution is -0.0203. The van der Waals surface area contributed by atoms with E-state index in [1.54, 1.807) is 7.11 Å². The fourth-order valence-corrected chi connectivity index (χ4v) is 1.83. The Morgan fingerprint density at radius 3 is 2.58 bits per heavy atom. The van der Waals surface area contributed by atoms with Crippen molar-refractivity contribution in [1.82, 2.24) is 10.1 Å². The van der Waals surface area contributed by atoms with Crippen molar-refractivity contribution in [2.24, 2.45) is 11.1 Å². The van der Waals surface area contributed by atoms with Crippen LogP contribution in [0, 0.1) is 5.41 Å². The van der Waals surface area contributed by atoms with Gasteiger partial charge in [-0.05, 0) is 12.3 Å². The highest BCUT2D eigenvalue weighted by atomic mass is 16.5. The molecule has 0 spiro atoms. The average Bonchev–Trinajstić information content (AvgIpc) is 2.72. The Labute approximate surface area is 114 Å². The van der Waals surface area contributed by atoms with Gasteiger partial charge in [-0.15, -0.1) is 0 Å². The largest absolute Gasteiger partial charge is 0.383 e. The molecule has 1 aromatic heterocycles. The molecule has 0 aromatic carbocycles. The lowest BCUT2D eigenvalue weighted by Gasteiger charge is -2.27. The molecular formula is C13H25N3O3. The van der Waals surface area contributed by atoms with Crippen LogP contribution in [0.15, 0.2) is 4.52 Å². The summed E-state index contributed by atoms with van der Waals surface area (Å²) in [6, 6.07) is -0.140. The molecule has 6 heteroatoms. The first-order valence-electron chi connectivity index (χ1n) is 6.57. The number of methoxy groups -OCH3 is 1. The molecule has 6 nitrogen and oxygen atoms in total. The van der Waals surface area contributed by atoms with E-state index >= 15 is 0 Å². The molecule has 0 saturated carbocycles. The Bertz CT molecular complexity index is 373. The number of hydrogen-bond acceptors (Lipinski definition) is 6. The van der Waals surface area contributed by atoms with Gasteiger partial charge in [-0.25, -0.2) is 0 Å². The zero-order valence-electron chi connectivity index (χ0n) is 12.5. The van der Waals surface area contributed by atoms with Crippen molar-refractivity contribution in [3.63, 3.8) is 0 Å². The van der Waals surface area contributed by atoms with Crippen molar-refractivity contribution in [3.8, 4) is 0 Å². The fourth-order valence-electron chi connectivity index (χ4n) is 1.83. The third-order valence-corrected chi connectivity index (χ3v) is 2.66. The molecule has 110 valence electrons. The summed E-state index contributed by atoms with van der Waals surface area (Å²) in [6.07, 6.45) is 0.317. The lowest BCUT2D eigenvalue weighted by Crippen LogP contribution is -2.28. The summed E-state index contributed by atoms with van der Waals surface area (Å²) >= 11 is 0. The van der Waals surface area contributed by atoms with Crippen LogP contribution in [-0.4, -0.2) is 36.5 Å². The van der Waals surface area contributed by atoms with Gasteiger partial charge >= 0.3 is 0 Å². The summed E-state index contributed by atoms with van der Waals surface area (Å²) < 4.78 is 15.9. The van der Waals surface area contributed by atoms with Crippen molar-refractivity contribution in [1.29, 1.82) is 0 Å². The van der Waals surface area contributed by atoms with E-state index in [4.69, 9.17) is 19.7 Å². The van der Waals surface area contributed by atoms with Gasteiger partial charge in [-0.1, -0.05) is 25.9 Å². The zero-order chi connectivity index (χ0) is 14.5. The maximum atomic E-state index is 5.86. The van der Waals surface area contributed by atoms with E-state index in [9.17, 15) is 0 Å². The molecule has 0 bridgehead atoms. The number of aromatic nitrogens is 2. The standard InChI is InChI=1S/C13H25N3O3/c1-6-18-11(13(2,3)4)12-15-10(19-16-12)7-9(14)8-17-5/h9,11H,6-8,14H2,1-5H3. The Kier molecular flexibility index (Phi) is 5.90. The van der Waals surface area contributed by atoms with Crippen molar-refractivity contribution in [3.05, 3.63) is 11.7 Å². The maximum Gasteiger partial charge on any atom is 0.228 e. The van der Waals surface area contributed by atoms with Crippen molar-refractivity contribution < 1.29 is 14.0 Å². The molecule has 0 fully saturated rings. The molecule has 0 amide bonds. The van der Waals surface area contributed by atoms with Crippen molar-refractivity contribution in [2.45, 2.75) is 46.3 Å². The Morgan fingerprint density at radius 1 is 1.37 bits per heavy atom. The van der Waals surface area contributed by atoms with Crippen LogP contribution >= 0.6 is 0 Å². The van der Waals surface area contributed by atoms with Gasteiger partial charge in [-0.3, -0.25) is 0 Å². The van der Waals surface area contributed by atoms with Gasteiger partial charge in [0.15, 0.2) is 0 Å². The van der Waals surface area contributed by atoms with Crippen LogP contribution in [-0.2, 0) is 15.9 Å². The number of ether oxygens (including phenoxy) is 2. The van der Waals surface area contributed by atoms with E-state index in [0.29, 0.717) is 31.3 Å². The first-order valence-corrected chi connectivity index (χ1v) is 6.57. The number of nitrogens with zero attached hydrogens (tertiary/aromatic N) is 2. The molecule has 19 heavy (non-hydrogen) atoms. The van der Waals surface area contributed by atoms with Gasteiger partial charge in [0.05, 0.1) is 6.61 Å². The van der Waals surface area contributed by atoms with E-state index in [1.807, 2.05) is 6.92 Å². The predicted molar refractivity (Wildman–Crippen MR) is 71.7 cm³/mol. The highest BCUT2D eigenvalue weighted by Gasteiger charge is 2.31. The molecular weight excluding hydrogens is 246 g/mol. The Balaban J connectivity index is 2.76. The van der Waals surface area contributed by atoms with Gasteiger partial charge < -0.3 is 19.7 Å². The first kappa shape index (κ1) is 16.1. The smallest absolute Gasteiger partial charge is 0.228 e. The van der Waals surface area contributed by atoms with Crippen LogP contribution < -0.4 is 5.73 Å². The molecule has 2 atom stereocenters. The summed E-state index contributed by atoms with van der Waals surface area (Å²) in [5, 5.41) is 4.01. The van der Waals surface area contributed by atoms with E-state index in [1.165, 1.54) is 0 Å². The predicted octanol–water partition coefficient (Wildman–Crippen LogP) is 1.71. The van der Waals surface area contributed by atoms with Crippen LogP contribution in [0.1, 0.15) is 45.5 Å². The monoisotopic (exact) mass is 271 g/mol. The summed E-state index contributed by atoms with van der Waals surface area (Å²) in [5.41, 5.74) is 5.77. The van der Waals surface area contributed by atoms with Gasteiger partial charge in [0.1, 0.15) is 6.10 Å². The van der Waals surface area contributed by atoms with E-state index in [-0.39, 0.29) is 17.6 Å². The minimum atomic E-state index is -0.186.